The number of nitrogens with zero attached hydrogens (tertiary/aromatic N) is 1. The lowest BCUT2D eigenvalue weighted by atomic mass is 10.1. The van der Waals surface area contributed by atoms with Crippen LogP contribution < -0.4 is 5.32 Å². The fourth-order valence-electron chi connectivity index (χ4n) is 2.20. The fourth-order valence-corrected chi connectivity index (χ4v) is 2.20. The van der Waals surface area contributed by atoms with E-state index in [2.05, 4.69) is 42.2 Å². The van der Waals surface area contributed by atoms with Crippen LogP contribution in [0, 0.1) is 0 Å². The fraction of sp³-hybridized carbons (Fsp3) is 0.500. The lowest BCUT2D eigenvalue weighted by molar-refractivity contribution is 0.460. The summed E-state index contributed by atoms with van der Waals surface area (Å²) in [5, 5.41) is 3.56. The molecule has 1 N–H and O–H groups in total. The van der Waals surface area contributed by atoms with E-state index in [1.54, 1.807) is 6.26 Å². The average molecular weight is 260 g/mol. The van der Waals surface area contributed by atoms with E-state index in [0.29, 0.717) is 6.04 Å². The number of aryl methyl sites for hydroxylation is 2. The van der Waals surface area contributed by atoms with Gasteiger partial charge in [-0.1, -0.05) is 6.92 Å². The van der Waals surface area contributed by atoms with Gasteiger partial charge in [-0.25, -0.2) is 0 Å². The maximum atomic E-state index is 5.35. The minimum Gasteiger partial charge on any atom is -0.469 e. The molecule has 0 aliphatic heterocycles. The van der Waals surface area contributed by atoms with Crippen molar-refractivity contribution in [1.29, 1.82) is 0 Å². The third-order valence-corrected chi connectivity index (χ3v) is 3.35. The predicted octanol–water partition coefficient (Wildman–Crippen LogP) is 3.60. The summed E-state index contributed by atoms with van der Waals surface area (Å²) >= 11 is 0. The van der Waals surface area contributed by atoms with Crippen LogP contribution in [0.3, 0.4) is 0 Å². The Kier molecular flexibility index (Phi) is 5.28. The van der Waals surface area contributed by atoms with Gasteiger partial charge in [-0.2, -0.15) is 0 Å². The second-order valence-corrected chi connectivity index (χ2v) is 5.16. The highest BCUT2D eigenvalue weighted by Gasteiger charge is 2.04. The zero-order chi connectivity index (χ0) is 13.5. The number of hydrogen-bond donors (Lipinski definition) is 1. The summed E-state index contributed by atoms with van der Waals surface area (Å²) < 4.78 is 7.60. The van der Waals surface area contributed by atoms with Crippen LogP contribution in [0.1, 0.15) is 38.0 Å². The van der Waals surface area contributed by atoms with Crippen LogP contribution in [0.2, 0.25) is 0 Å². The van der Waals surface area contributed by atoms with Crippen molar-refractivity contribution < 1.29 is 4.42 Å². The molecule has 2 aromatic rings. The summed E-state index contributed by atoms with van der Waals surface area (Å²) in [5.74, 6) is 1.07. The van der Waals surface area contributed by atoms with E-state index in [1.807, 2.05) is 12.1 Å². The summed E-state index contributed by atoms with van der Waals surface area (Å²) in [7, 11) is 0. The summed E-state index contributed by atoms with van der Waals surface area (Å²) in [6.07, 6.45) is 9.41. The van der Waals surface area contributed by atoms with E-state index < -0.39 is 0 Å². The monoisotopic (exact) mass is 260 g/mol. The molecule has 0 fully saturated rings. The molecule has 0 amide bonds. The molecule has 0 saturated heterocycles. The lowest BCUT2D eigenvalue weighted by Gasteiger charge is -2.12. The van der Waals surface area contributed by atoms with Gasteiger partial charge in [0.25, 0.3) is 0 Å². The van der Waals surface area contributed by atoms with Crippen molar-refractivity contribution in [2.75, 3.05) is 0 Å². The molecular weight excluding hydrogens is 236 g/mol. The smallest absolute Gasteiger partial charge is 0.103 e. The van der Waals surface area contributed by atoms with Gasteiger partial charge in [0.2, 0.25) is 0 Å². The Morgan fingerprint density at radius 2 is 2.26 bits per heavy atom. The van der Waals surface area contributed by atoms with Crippen LogP contribution >= 0.6 is 0 Å². The first-order chi connectivity index (χ1) is 9.28. The lowest BCUT2D eigenvalue weighted by Crippen LogP contribution is -2.25. The molecule has 2 rings (SSSR count). The topological polar surface area (TPSA) is 30.1 Å². The standard InChI is InChI=1S/C16H24N2O/c1-3-9-18-10-8-15(13-18)12-17-14(2)6-7-16-5-4-11-19-16/h4-5,8,10-11,13-14,17H,3,6-7,9,12H2,1-2H3. The van der Waals surface area contributed by atoms with Crippen LogP contribution in [-0.2, 0) is 19.5 Å². The number of rotatable bonds is 8. The largest absolute Gasteiger partial charge is 0.469 e. The summed E-state index contributed by atoms with van der Waals surface area (Å²) in [4.78, 5) is 0. The van der Waals surface area contributed by atoms with Gasteiger partial charge < -0.3 is 14.3 Å². The van der Waals surface area contributed by atoms with Crippen molar-refractivity contribution in [2.45, 2.75) is 52.2 Å². The van der Waals surface area contributed by atoms with Gasteiger partial charge >= 0.3 is 0 Å². The number of furan rings is 1. The van der Waals surface area contributed by atoms with Crippen LogP contribution in [0.15, 0.2) is 41.3 Å². The predicted molar refractivity (Wildman–Crippen MR) is 78.1 cm³/mol. The first kappa shape index (κ1) is 13.9. The molecule has 0 radical (unpaired) electrons. The minimum absolute atomic E-state index is 0.500. The van der Waals surface area contributed by atoms with Crippen molar-refractivity contribution in [2.24, 2.45) is 0 Å². The molecule has 3 nitrogen and oxygen atoms in total. The zero-order valence-corrected chi connectivity index (χ0v) is 11.9. The van der Waals surface area contributed by atoms with Gasteiger partial charge in [0.1, 0.15) is 5.76 Å². The molecule has 1 unspecified atom stereocenters. The number of nitrogens with one attached hydrogen (secondary N) is 1. The van der Waals surface area contributed by atoms with Gasteiger partial charge in [0.15, 0.2) is 0 Å². The highest BCUT2D eigenvalue weighted by Crippen LogP contribution is 2.07. The van der Waals surface area contributed by atoms with Gasteiger partial charge in [0, 0.05) is 37.9 Å². The SMILES string of the molecule is CCCn1ccc(CNC(C)CCc2ccco2)c1. The quantitative estimate of drug-likeness (QED) is 0.786. The molecule has 104 valence electrons. The highest BCUT2D eigenvalue weighted by molar-refractivity contribution is 5.10. The van der Waals surface area contributed by atoms with Crippen molar-refractivity contribution >= 4 is 0 Å². The molecule has 1 atom stereocenters. The molecule has 0 aliphatic carbocycles. The van der Waals surface area contributed by atoms with Gasteiger partial charge in [-0.15, -0.1) is 0 Å². The molecule has 0 aromatic carbocycles. The summed E-state index contributed by atoms with van der Waals surface area (Å²) in [5.41, 5.74) is 1.36. The first-order valence-corrected chi connectivity index (χ1v) is 7.18. The summed E-state index contributed by atoms with van der Waals surface area (Å²) in [6, 6.07) is 6.68. The van der Waals surface area contributed by atoms with Gasteiger partial charge in [0.05, 0.1) is 6.26 Å². The molecule has 2 heterocycles. The van der Waals surface area contributed by atoms with Gasteiger partial charge in [-0.05, 0) is 43.5 Å². The van der Waals surface area contributed by atoms with Crippen molar-refractivity contribution in [3.63, 3.8) is 0 Å². The van der Waals surface area contributed by atoms with Crippen LogP contribution in [0.5, 0.6) is 0 Å². The van der Waals surface area contributed by atoms with Crippen LogP contribution in [-0.4, -0.2) is 10.6 Å². The average Bonchev–Trinajstić information content (AvgIpc) is 3.05. The van der Waals surface area contributed by atoms with E-state index in [-0.39, 0.29) is 0 Å². The Morgan fingerprint density at radius 1 is 1.37 bits per heavy atom. The second kappa shape index (κ2) is 7.19. The van der Waals surface area contributed by atoms with Crippen molar-refractivity contribution in [3.05, 3.63) is 48.2 Å². The minimum atomic E-state index is 0.500. The Morgan fingerprint density at radius 3 is 3.00 bits per heavy atom. The highest BCUT2D eigenvalue weighted by atomic mass is 16.3. The second-order valence-electron chi connectivity index (χ2n) is 5.16. The third kappa shape index (κ3) is 4.60. The Labute approximate surface area is 115 Å². The number of aromatic nitrogens is 1. The van der Waals surface area contributed by atoms with Crippen LogP contribution in [0.4, 0.5) is 0 Å². The Bertz CT molecular complexity index is 459. The van der Waals surface area contributed by atoms with E-state index in [0.717, 1.165) is 31.7 Å². The normalized spacial score (nSPS) is 12.7. The Balaban J connectivity index is 1.68. The van der Waals surface area contributed by atoms with E-state index >= 15 is 0 Å². The molecule has 19 heavy (non-hydrogen) atoms. The molecular formula is C16H24N2O. The number of hydrogen-bond acceptors (Lipinski definition) is 2. The summed E-state index contributed by atoms with van der Waals surface area (Å²) in [6.45, 7) is 6.48. The molecule has 0 bridgehead atoms. The molecule has 0 aliphatic rings. The zero-order valence-electron chi connectivity index (χ0n) is 11.9. The molecule has 2 aromatic heterocycles. The van der Waals surface area contributed by atoms with Crippen molar-refractivity contribution in [3.8, 4) is 0 Å². The third-order valence-electron chi connectivity index (χ3n) is 3.35. The molecule has 0 spiro atoms. The van der Waals surface area contributed by atoms with Crippen LogP contribution in [0.25, 0.3) is 0 Å². The molecule has 3 heteroatoms. The first-order valence-electron chi connectivity index (χ1n) is 7.18. The van der Waals surface area contributed by atoms with E-state index in [4.69, 9.17) is 4.42 Å². The Hall–Kier alpha value is -1.48. The maximum absolute atomic E-state index is 5.35. The maximum Gasteiger partial charge on any atom is 0.103 e. The van der Waals surface area contributed by atoms with E-state index in [9.17, 15) is 0 Å². The van der Waals surface area contributed by atoms with Crippen molar-refractivity contribution in [1.82, 2.24) is 9.88 Å². The molecule has 0 saturated carbocycles. The van der Waals surface area contributed by atoms with E-state index in [1.165, 1.54) is 12.0 Å². The van der Waals surface area contributed by atoms with Gasteiger partial charge in [-0.3, -0.25) is 0 Å².